The smallest absolute Gasteiger partial charge is 0.308 e. The lowest BCUT2D eigenvalue weighted by Crippen LogP contribution is -2.42. The number of rotatable bonds is 6. The van der Waals surface area contributed by atoms with Gasteiger partial charge in [-0.15, -0.1) is 0 Å². The van der Waals surface area contributed by atoms with Crippen molar-refractivity contribution in [2.45, 2.75) is 33.1 Å². The summed E-state index contributed by atoms with van der Waals surface area (Å²) in [5, 5.41) is 8.91. The molecule has 1 saturated carbocycles. The normalized spacial score (nSPS) is 24.8. The van der Waals surface area contributed by atoms with Crippen molar-refractivity contribution in [3.8, 4) is 0 Å². The number of nitrogens with zero attached hydrogens (tertiary/aromatic N) is 1. The van der Waals surface area contributed by atoms with Crippen LogP contribution in [0, 0.1) is 17.8 Å². The molecule has 0 spiro atoms. The molecule has 0 aromatic rings. The highest BCUT2D eigenvalue weighted by atomic mass is 16.4. The van der Waals surface area contributed by atoms with E-state index >= 15 is 0 Å². The van der Waals surface area contributed by atoms with Crippen LogP contribution in [0.2, 0.25) is 0 Å². The van der Waals surface area contributed by atoms with Gasteiger partial charge in [0, 0.05) is 19.0 Å². The number of aliphatic carboxylic acids is 1. The molecule has 3 atom stereocenters. The molecule has 1 amide bonds. The average molecular weight is 256 g/mol. The molecule has 0 saturated heterocycles. The van der Waals surface area contributed by atoms with E-state index in [4.69, 9.17) is 10.8 Å². The van der Waals surface area contributed by atoms with Gasteiger partial charge in [-0.05, 0) is 32.2 Å². The third-order valence-electron chi connectivity index (χ3n) is 3.89. The molecule has 1 aliphatic carbocycles. The lowest BCUT2D eigenvalue weighted by molar-refractivity contribution is -0.144. The summed E-state index contributed by atoms with van der Waals surface area (Å²) >= 11 is 0. The minimum atomic E-state index is -0.858. The number of carboxylic acids is 1. The molecule has 0 aromatic carbocycles. The third-order valence-corrected chi connectivity index (χ3v) is 3.89. The molecule has 3 unspecified atom stereocenters. The Labute approximate surface area is 108 Å². The van der Waals surface area contributed by atoms with E-state index in [2.05, 4.69) is 0 Å². The van der Waals surface area contributed by atoms with E-state index in [9.17, 15) is 9.59 Å². The molecule has 5 heteroatoms. The van der Waals surface area contributed by atoms with Crippen molar-refractivity contribution in [2.24, 2.45) is 23.5 Å². The minimum Gasteiger partial charge on any atom is -0.481 e. The summed E-state index contributed by atoms with van der Waals surface area (Å²) in [7, 11) is 0. The van der Waals surface area contributed by atoms with Crippen LogP contribution < -0.4 is 5.73 Å². The van der Waals surface area contributed by atoms with E-state index in [1.807, 2.05) is 6.92 Å². The molecule has 104 valence electrons. The SMILES string of the molecule is CCN(CC(C)C(=O)O)C(=O)C1CCCC1CN. The van der Waals surface area contributed by atoms with Crippen LogP contribution in [0.1, 0.15) is 33.1 Å². The lowest BCUT2D eigenvalue weighted by atomic mass is 9.94. The molecule has 1 aliphatic rings. The second-order valence-corrected chi connectivity index (χ2v) is 5.15. The van der Waals surface area contributed by atoms with Crippen molar-refractivity contribution >= 4 is 11.9 Å². The van der Waals surface area contributed by atoms with Gasteiger partial charge in [0.2, 0.25) is 5.91 Å². The van der Waals surface area contributed by atoms with Gasteiger partial charge in [-0.2, -0.15) is 0 Å². The molecule has 0 radical (unpaired) electrons. The lowest BCUT2D eigenvalue weighted by Gasteiger charge is -2.28. The maximum atomic E-state index is 12.4. The molecule has 1 rings (SSSR count). The molecule has 0 heterocycles. The topological polar surface area (TPSA) is 83.6 Å². The summed E-state index contributed by atoms with van der Waals surface area (Å²) in [4.78, 5) is 24.9. The zero-order valence-corrected chi connectivity index (χ0v) is 11.3. The van der Waals surface area contributed by atoms with Crippen molar-refractivity contribution in [2.75, 3.05) is 19.6 Å². The summed E-state index contributed by atoms with van der Waals surface area (Å²) in [5.41, 5.74) is 5.69. The van der Waals surface area contributed by atoms with Gasteiger partial charge >= 0.3 is 5.97 Å². The van der Waals surface area contributed by atoms with Gasteiger partial charge in [0.05, 0.1) is 5.92 Å². The predicted molar refractivity (Wildman–Crippen MR) is 68.9 cm³/mol. The van der Waals surface area contributed by atoms with Gasteiger partial charge in [-0.3, -0.25) is 9.59 Å². The zero-order chi connectivity index (χ0) is 13.7. The Morgan fingerprint density at radius 2 is 2.11 bits per heavy atom. The maximum Gasteiger partial charge on any atom is 0.308 e. The number of hydrogen-bond acceptors (Lipinski definition) is 3. The van der Waals surface area contributed by atoms with Crippen molar-refractivity contribution < 1.29 is 14.7 Å². The number of amides is 1. The van der Waals surface area contributed by atoms with Crippen LogP contribution in [-0.2, 0) is 9.59 Å². The highest BCUT2D eigenvalue weighted by Gasteiger charge is 2.34. The second-order valence-electron chi connectivity index (χ2n) is 5.15. The first kappa shape index (κ1) is 15.0. The largest absolute Gasteiger partial charge is 0.481 e. The molecule has 1 fully saturated rings. The van der Waals surface area contributed by atoms with Crippen molar-refractivity contribution in [1.29, 1.82) is 0 Å². The van der Waals surface area contributed by atoms with Gasteiger partial charge in [-0.25, -0.2) is 0 Å². The first-order chi connectivity index (χ1) is 8.51. The number of carbonyl (C=O) groups is 2. The Balaban J connectivity index is 2.64. The highest BCUT2D eigenvalue weighted by molar-refractivity contribution is 5.80. The van der Waals surface area contributed by atoms with Crippen molar-refractivity contribution in [1.82, 2.24) is 4.90 Å². The van der Waals surface area contributed by atoms with Crippen LogP contribution in [0.3, 0.4) is 0 Å². The fourth-order valence-electron chi connectivity index (χ4n) is 2.66. The first-order valence-corrected chi connectivity index (χ1v) is 6.72. The maximum absolute atomic E-state index is 12.4. The van der Waals surface area contributed by atoms with E-state index in [0.717, 1.165) is 19.3 Å². The summed E-state index contributed by atoms with van der Waals surface area (Å²) < 4.78 is 0. The molecular formula is C13H24N2O3. The Morgan fingerprint density at radius 1 is 1.44 bits per heavy atom. The van der Waals surface area contributed by atoms with Crippen LogP contribution in [0.25, 0.3) is 0 Å². The third kappa shape index (κ3) is 3.45. The second kappa shape index (κ2) is 6.73. The first-order valence-electron chi connectivity index (χ1n) is 6.72. The van der Waals surface area contributed by atoms with Crippen molar-refractivity contribution in [3.63, 3.8) is 0 Å². The Hall–Kier alpha value is -1.10. The van der Waals surface area contributed by atoms with Crippen molar-refractivity contribution in [3.05, 3.63) is 0 Å². The molecular weight excluding hydrogens is 232 g/mol. The summed E-state index contributed by atoms with van der Waals surface area (Å²) in [6.45, 7) is 4.91. The number of carboxylic acid groups (broad SMARTS) is 1. The number of carbonyl (C=O) groups excluding carboxylic acids is 1. The summed E-state index contributed by atoms with van der Waals surface area (Å²) in [5.74, 6) is -1.03. The van der Waals surface area contributed by atoms with Crippen LogP contribution in [-0.4, -0.2) is 41.5 Å². The Bertz CT molecular complexity index is 307. The van der Waals surface area contributed by atoms with Crippen LogP contribution in [0.5, 0.6) is 0 Å². The molecule has 3 N–H and O–H groups in total. The van der Waals surface area contributed by atoms with E-state index in [-0.39, 0.29) is 17.7 Å². The van der Waals surface area contributed by atoms with E-state index < -0.39 is 11.9 Å². The highest BCUT2D eigenvalue weighted by Crippen LogP contribution is 2.32. The van der Waals surface area contributed by atoms with Crippen LogP contribution >= 0.6 is 0 Å². The molecule has 18 heavy (non-hydrogen) atoms. The van der Waals surface area contributed by atoms with Gasteiger partial charge in [0.1, 0.15) is 0 Å². The van der Waals surface area contributed by atoms with E-state index in [1.54, 1.807) is 11.8 Å². The van der Waals surface area contributed by atoms with Gasteiger partial charge in [0.25, 0.3) is 0 Å². The minimum absolute atomic E-state index is 0.00375. The van der Waals surface area contributed by atoms with Crippen LogP contribution in [0.4, 0.5) is 0 Å². The Kier molecular flexibility index (Phi) is 5.59. The van der Waals surface area contributed by atoms with Gasteiger partial charge in [0.15, 0.2) is 0 Å². The number of hydrogen-bond donors (Lipinski definition) is 2. The molecule has 5 nitrogen and oxygen atoms in total. The number of nitrogens with two attached hydrogens (primary N) is 1. The van der Waals surface area contributed by atoms with Gasteiger partial charge in [-0.1, -0.05) is 13.3 Å². The zero-order valence-electron chi connectivity index (χ0n) is 11.3. The molecule has 0 aliphatic heterocycles. The van der Waals surface area contributed by atoms with Gasteiger partial charge < -0.3 is 15.7 Å². The quantitative estimate of drug-likeness (QED) is 0.740. The summed E-state index contributed by atoms with van der Waals surface area (Å²) in [6, 6.07) is 0. The fraction of sp³-hybridized carbons (Fsp3) is 0.846. The summed E-state index contributed by atoms with van der Waals surface area (Å²) in [6.07, 6.45) is 2.95. The Morgan fingerprint density at radius 3 is 2.61 bits per heavy atom. The monoisotopic (exact) mass is 256 g/mol. The van der Waals surface area contributed by atoms with E-state index in [1.165, 1.54) is 0 Å². The predicted octanol–water partition coefficient (Wildman–Crippen LogP) is 0.931. The van der Waals surface area contributed by atoms with E-state index in [0.29, 0.717) is 19.6 Å². The average Bonchev–Trinajstić information content (AvgIpc) is 2.82. The fourth-order valence-corrected chi connectivity index (χ4v) is 2.66. The molecule has 0 aromatic heterocycles. The van der Waals surface area contributed by atoms with Crippen LogP contribution in [0.15, 0.2) is 0 Å². The standard InChI is InChI=1S/C13H24N2O3/c1-3-15(8-9(2)13(17)18)12(16)11-6-4-5-10(11)7-14/h9-11H,3-8,14H2,1-2H3,(H,17,18). The molecule has 0 bridgehead atoms.